The Morgan fingerprint density at radius 1 is 1.08 bits per heavy atom. The molecule has 0 fully saturated rings. The smallest absolute Gasteiger partial charge is 0.310 e. The predicted octanol–water partition coefficient (Wildman–Crippen LogP) is 3.62. The number of nitro benzene ring substituents is 1. The van der Waals surface area contributed by atoms with Crippen LogP contribution in [0.3, 0.4) is 0 Å². The minimum absolute atomic E-state index is 0.0747. The van der Waals surface area contributed by atoms with Crippen LogP contribution >= 0.6 is 0 Å². The van der Waals surface area contributed by atoms with Gasteiger partial charge in [-0.05, 0) is 25.1 Å². The monoisotopic (exact) mass is 341 g/mol. The highest BCUT2D eigenvalue weighted by Gasteiger charge is 2.17. The molecule has 0 saturated heterocycles. The lowest BCUT2D eigenvalue weighted by Crippen LogP contribution is -1.99. The fourth-order valence-corrected chi connectivity index (χ4v) is 2.23. The summed E-state index contributed by atoms with van der Waals surface area (Å²) in [5.41, 5.74) is 0.578. The molecule has 128 valence electrons. The maximum Gasteiger partial charge on any atom is 0.310 e. The molecule has 0 saturated carbocycles. The highest BCUT2D eigenvalue weighted by molar-refractivity contribution is 5.63. The number of aromatic nitrogens is 2. The van der Waals surface area contributed by atoms with E-state index in [-0.39, 0.29) is 23.9 Å². The Morgan fingerprint density at radius 2 is 1.80 bits per heavy atom. The van der Waals surface area contributed by atoms with Gasteiger partial charge >= 0.3 is 5.69 Å². The average molecular weight is 341 g/mol. The second-order valence-corrected chi connectivity index (χ2v) is 4.95. The Morgan fingerprint density at radius 3 is 2.56 bits per heavy atom. The number of para-hydroxylation sites is 3. The van der Waals surface area contributed by atoms with Gasteiger partial charge < -0.3 is 14.0 Å². The summed E-state index contributed by atoms with van der Waals surface area (Å²) in [7, 11) is 0. The maximum atomic E-state index is 11.0. The quantitative estimate of drug-likeness (QED) is 0.478. The molecular weight excluding hydrogens is 326 g/mol. The predicted molar refractivity (Wildman–Crippen MR) is 88.3 cm³/mol. The van der Waals surface area contributed by atoms with Crippen molar-refractivity contribution in [2.24, 2.45) is 0 Å². The van der Waals surface area contributed by atoms with Crippen LogP contribution in [0.15, 0.2) is 53.1 Å². The van der Waals surface area contributed by atoms with Gasteiger partial charge in [0.05, 0.1) is 17.1 Å². The Kier molecular flexibility index (Phi) is 4.89. The number of rotatable bonds is 7. The molecule has 3 rings (SSSR count). The van der Waals surface area contributed by atoms with E-state index in [4.69, 9.17) is 14.0 Å². The standard InChI is InChI=1S/C17H15N3O5/c1-2-23-14-9-5-3-7-12(14)17-18-16(25-19-17)11-24-15-10-6-4-8-13(15)20(21)22/h3-10H,2,11H2,1H3. The van der Waals surface area contributed by atoms with Crippen molar-refractivity contribution in [3.05, 3.63) is 64.5 Å². The van der Waals surface area contributed by atoms with Gasteiger partial charge in [-0.2, -0.15) is 4.98 Å². The third kappa shape index (κ3) is 3.74. The second kappa shape index (κ2) is 7.43. The number of ether oxygens (including phenoxy) is 2. The first-order chi connectivity index (χ1) is 12.2. The topological polar surface area (TPSA) is 101 Å². The van der Waals surface area contributed by atoms with Crippen molar-refractivity contribution in [2.45, 2.75) is 13.5 Å². The van der Waals surface area contributed by atoms with Crippen molar-refractivity contribution >= 4 is 5.69 Å². The zero-order valence-electron chi connectivity index (χ0n) is 13.4. The van der Waals surface area contributed by atoms with Gasteiger partial charge in [0.1, 0.15) is 5.75 Å². The van der Waals surface area contributed by atoms with Gasteiger partial charge in [0, 0.05) is 6.07 Å². The van der Waals surface area contributed by atoms with Gasteiger partial charge in [0.2, 0.25) is 5.82 Å². The Hall–Kier alpha value is -3.42. The lowest BCUT2D eigenvalue weighted by Gasteiger charge is -2.06. The summed E-state index contributed by atoms with van der Waals surface area (Å²) in [5.74, 6) is 1.36. The molecule has 0 aliphatic heterocycles. The van der Waals surface area contributed by atoms with Crippen LogP contribution in [0, 0.1) is 10.1 Å². The van der Waals surface area contributed by atoms with E-state index >= 15 is 0 Å². The van der Waals surface area contributed by atoms with Crippen molar-refractivity contribution in [2.75, 3.05) is 6.61 Å². The number of hydrogen-bond donors (Lipinski definition) is 0. The zero-order valence-corrected chi connectivity index (χ0v) is 13.4. The average Bonchev–Trinajstić information content (AvgIpc) is 3.10. The van der Waals surface area contributed by atoms with Gasteiger partial charge in [0.15, 0.2) is 12.4 Å². The first kappa shape index (κ1) is 16.4. The molecule has 0 spiro atoms. The number of benzene rings is 2. The van der Waals surface area contributed by atoms with Crippen molar-refractivity contribution in [3.8, 4) is 22.9 Å². The van der Waals surface area contributed by atoms with E-state index in [1.807, 2.05) is 31.2 Å². The largest absolute Gasteiger partial charge is 0.493 e. The van der Waals surface area contributed by atoms with Crippen LogP contribution in [0.1, 0.15) is 12.8 Å². The van der Waals surface area contributed by atoms with Crippen molar-refractivity contribution < 1.29 is 18.9 Å². The molecule has 1 heterocycles. The van der Waals surface area contributed by atoms with E-state index in [0.717, 1.165) is 0 Å². The normalized spacial score (nSPS) is 10.4. The summed E-state index contributed by atoms with van der Waals surface area (Å²) in [6, 6.07) is 13.4. The number of nitro groups is 1. The van der Waals surface area contributed by atoms with Crippen LogP contribution in [0.2, 0.25) is 0 Å². The molecule has 0 aliphatic rings. The highest BCUT2D eigenvalue weighted by Crippen LogP contribution is 2.29. The van der Waals surface area contributed by atoms with Crippen molar-refractivity contribution in [1.29, 1.82) is 0 Å². The molecule has 8 nitrogen and oxygen atoms in total. The summed E-state index contributed by atoms with van der Waals surface area (Å²) in [5, 5.41) is 14.9. The third-order valence-electron chi connectivity index (χ3n) is 3.31. The summed E-state index contributed by atoms with van der Waals surface area (Å²) >= 11 is 0. The van der Waals surface area contributed by atoms with Crippen LogP contribution in [0.5, 0.6) is 11.5 Å². The molecule has 0 amide bonds. The van der Waals surface area contributed by atoms with Gasteiger partial charge in [-0.1, -0.05) is 29.4 Å². The van der Waals surface area contributed by atoms with Gasteiger partial charge in [-0.3, -0.25) is 10.1 Å². The molecule has 0 N–H and O–H groups in total. The van der Waals surface area contributed by atoms with Crippen LogP contribution < -0.4 is 9.47 Å². The van der Waals surface area contributed by atoms with Crippen LogP contribution in [0.4, 0.5) is 5.69 Å². The summed E-state index contributed by atoms with van der Waals surface area (Å²) < 4.78 is 16.1. The summed E-state index contributed by atoms with van der Waals surface area (Å²) in [6.45, 7) is 2.33. The molecule has 25 heavy (non-hydrogen) atoms. The maximum absolute atomic E-state index is 11.0. The lowest BCUT2D eigenvalue weighted by molar-refractivity contribution is -0.386. The van der Waals surface area contributed by atoms with Gasteiger partial charge in [-0.25, -0.2) is 0 Å². The van der Waals surface area contributed by atoms with Gasteiger partial charge in [0.25, 0.3) is 5.89 Å². The fraction of sp³-hybridized carbons (Fsp3) is 0.176. The first-order valence-corrected chi connectivity index (χ1v) is 7.60. The summed E-state index contributed by atoms with van der Waals surface area (Å²) in [6.07, 6.45) is 0. The second-order valence-electron chi connectivity index (χ2n) is 4.95. The Labute approximate surface area is 143 Å². The van der Waals surface area contributed by atoms with E-state index in [0.29, 0.717) is 23.7 Å². The minimum atomic E-state index is -0.507. The molecule has 0 radical (unpaired) electrons. The number of hydrogen-bond acceptors (Lipinski definition) is 7. The number of nitrogens with zero attached hydrogens (tertiary/aromatic N) is 3. The SMILES string of the molecule is CCOc1ccccc1-c1noc(COc2ccccc2[N+](=O)[O-])n1. The molecule has 1 aromatic heterocycles. The van der Waals surface area contributed by atoms with E-state index in [1.54, 1.807) is 12.1 Å². The highest BCUT2D eigenvalue weighted by atomic mass is 16.6. The summed E-state index contributed by atoms with van der Waals surface area (Å²) in [4.78, 5) is 14.7. The molecule has 0 atom stereocenters. The van der Waals surface area contributed by atoms with E-state index in [9.17, 15) is 10.1 Å². The molecular formula is C17H15N3O5. The molecule has 3 aromatic rings. The fourth-order valence-electron chi connectivity index (χ4n) is 2.23. The van der Waals surface area contributed by atoms with Crippen LogP contribution in [0.25, 0.3) is 11.4 Å². The Balaban J connectivity index is 1.76. The van der Waals surface area contributed by atoms with Crippen LogP contribution in [-0.2, 0) is 6.61 Å². The molecule has 8 heteroatoms. The van der Waals surface area contributed by atoms with Crippen molar-refractivity contribution in [3.63, 3.8) is 0 Å². The molecule has 2 aromatic carbocycles. The molecule has 0 aliphatic carbocycles. The van der Waals surface area contributed by atoms with E-state index in [2.05, 4.69) is 10.1 Å². The van der Waals surface area contributed by atoms with Crippen LogP contribution in [-0.4, -0.2) is 21.7 Å². The molecule has 0 bridgehead atoms. The van der Waals surface area contributed by atoms with E-state index < -0.39 is 4.92 Å². The Bertz CT molecular complexity index is 878. The minimum Gasteiger partial charge on any atom is -0.493 e. The zero-order chi connectivity index (χ0) is 17.6. The first-order valence-electron chi connectivity index (χ1n) is 7.60. The van der Waals surface area contributed by atoms with Crippen molar-refractivity contribution in [1.82, 2.24) is 10.1 Å². The van der Waals surface area contributed by atoms with E-state index in [1.165, 1.54) is 12.1 Å². The molecule has 0 unspecified atom stereocenters. The third-order valence-corrected chi connectivity index (χ3v) is 3.31. The van der Waals surface area contributed by atoms with Gasteiger partial charge in [-0.15, -0.1) is 0 Å². The lowest BCUT2D eigenvalue weighted by atomic mass is 10.2.